The normalized spacial score (nSPS) is 9.94. The number of carbonyl (C=O) groups excluding carboxylic acids is 2. The van der Waals surface area contributed by atoms with Crippen molar-refractivity contribution in [3.05, 3.63) is 48.0 Å². The highest BCUT2D eigenvalue weighted by Gasteiger charge is 2.08. The maximum Gasteiger partial charge on any atom is 0.291 e. The van der Waals surface area contributed by atoms with Gasteiger partial charge in [-0.05, 0) is 31.2 Å². The van der Waals surface area contributed by atoms with E-state index in [9.17, 15) is 9.59 Å². The highest BCUT2D eigenvalue weighted by atomic mass is 16.2. The number of hydrogen-bond donors (Lipinski definition) is 2. The van der Waals surface area contributed by atoms with Crippen LogP contribution in [-0.4, -0.2) is 21.7 Å². The fourth-order valence-electron chi connectivity index (χ4n) is 1.37. The van der Waals surface area contributed by atoms with Crippen LogP contribution in [-0.2, 0) is 0 Å². The molecule has 1 aromatic heterocycles. The number of Topliss-reactive ketones (excluding diaryl/α,β-unsaturated/α-hetero) is 1. The summed E-state index contributed by atoms with van der Waals surface area (Å²) >= 11 is 0. The Morgan fingerprint density at radius 1 is 1.24 bits per heavy atom. The molecule has 2 N–H and O–H groups in total. The largest absolute Gasteiger partial charge is 0.341 e. The van der Waals surface area contributed by atoms with Crippen LogP contribution < -0.4 is 5.32 Å². The molecule has 2 aromatic rings. The van der Waals surface area contributed by atoms with Crippen molar-refractivity contribution in [3.8, 4) is 0 Å². The number of H-pyrrole nitrogens is 1. The van der Waals surface area contributed by atoms with Gasteiger partial charge in [0.2, 0.25) is 0 Å². The van der Waals surface area contributed by atoms with Gasteiger partial charge in [0.1, 0.15) is 0 Å². The number of aromatic amines is 1. The van der Waals surface area contributed by atoms with Gasteiger partial charge in [0.25, 0.3) is 5.91 Å². The van der Waals surface area contributed by atoms with E-state index < -0.39 is 0 Å². The second-order valence-electron chi connectivity index (χ2n) is 3.53. The van der Waals surface area contributed by atoms with Gasteiger partial charge in [-0.3, -0.25) is 9.59 Å². The van der Waals surface area contributed by atoms with Gasteiger partial charge in [0.15, 0.2) is 11.6 Å². The topological polar surface area (TPSA) is 74.8 Å². The lowest BCUT2D eigenvalue weighted by atomic mass is 10.1. The smallest absolute Gasteiger partial charge is 0.291 e. The average molecular weight is 229 g/mol. The average Bonchev–Trinajstić information content (AvgIpc) is 2.83. The summed E-state index contributed by atoms with van der Waals surface area (Å²) in [6, 6.07) is 6.69. The maximum absolute atomic E-state index is 11.6. The van der Waals surface area contributed by atoms with Gasteiger partial charge in [0, 0.05) is 23.6 Å². The molecule has 5 heteroatoms. The number of anilines is 1. The van der Waals surface area contributed by atoms with Gasteiger partial charge < -0.3 is 10.3 Å². The Morgan fingerprint density at radius 2 is 1.94 bits per heavy atom. The molecule has 0 saturated heterocycles. The molecule has 0 fully saturated rings. The summed E-state index contributed by atoms with van der Waals surface area (Å²) in [7, 11) is 0. The zero-order chi connectivity index (χ0) is 12.3. The first-order chi connectivity index (χ1) is 8.16. The quantitative estimate of drug-likeness (QED) is 0.789. The Kier molecular flexibility index (Phi) is 3.00. The first-order valence-corrected chi connectivity index (χ1v) is 5.08. The number of nitrogens with zero attached hydrogens (tertiary/aromatic N) is 1. The third kappa shape index (κ3) is 2.57. The second-order valence-corrected chi connectivity index (χ2v) is 3.53. The standard InChI is InChI=1S/C12H11N3O2/c1-8(16)9-2-4-10(5-3-9)15-12(17)11-13-6-7-14-11/h2-7H,1H3,(H,13,14)(H,15,17). The highest BCUT2D eigenvalue weighted by Crippen LogP contribution is 2.10. The van der Waals surface area contributed by atoms with Crippen LogP contribution >= 0.6 is 0 Å². The van der Waals surface area contributed by atoms with E-state index in [2.05, 4.69) is 15.3 Å². The van der Waals surface area contributed by atoms with Crippen LogP contribution in [0.4, 0.5) is 5.69 Å². The monoisotopic (exact) mass is 229 g/mol. The minimum Gasteiger partial charge on any atom is -0.341 e. The molecule has 0 bridgehead atoms. The van der Waals surface area contributed by atoms with Crippen molar-refractivity contribution in [1.82, 2.24) is 9.97 Å². The van der Waals surface area contributed by atoms with E-state index in [0.29, 0.717) is 11.3 Å². The number of aromatic nitrogens is 2. The van der Waals surface area contributed by atoms with Gasteiger partial charge in [-0.2, -0.15) is 0 Å². The molecule has 0 aliphatic heterocycles. The van der Waals surface area contributed by atoms with E-state index in [1.165, 1.54) is 13.1 Å². The Hall–Kier alpha value is -2.43. The predicted octanol–water partition coefficient (Wildman–Crippen LogP) is 1.86. The van der Waals surface area contributed by atoms with E-state index >= 15 is 0 Å². The van der Waals surface area contributed by atoms with Crippen molar-refractivity contribution in [2.75, 3.05) is 5.32 Å². The number of nitrogens with one attached hydrogen (secondary N) is 2. The van der Waals surface area contributed by atoms with Crippen molar-refractivity contribution in [3.63, 3.8) is 0 Å². The fourth-order valence-corrected chi connectivity index (χ4v) is 1.37. The highest BCUT2D eigenvalue weighted by molar-refractivity contribution is 6.02. The molecule has 1 aromatic carbocycles. The molecule has 5 nitrogen and oxygen atoms in total. The Morgan fingerprint density at radius 3 is 2.47 bits per heavy atom. The minimum absolute atomic E-state index is 0.00564. The molecule has 0 aliphatic carbocycles. The van der Waals surface area contributed by atoms with E-state index in [4.69, 9.17) is 0 Å². The van der Waals surface area contributed by atoms with Crippen LogP contribution in [0, 0.1) is 0 Å². The fraction of sp³-hybridized carbons (Fsp3) is 0.0833. The summed E-state index contributed by atoms with van der Waals surface area (Å²) in [6.07, 6.45) is 3.08. The first-order valence-electron chi connectivity index (χ1n) is 5.08. The molecule has 1 amide bonds. The zero-order valence-electron chi connectivity index (χ0n) is 9.23. The first kappa shape index (κ1) is 11.1. The van der Waals surface area contributed by atoms with Crippen LogP contribution in [0.2, 0.25) is 0 Å². The molecular formula is C12H11N3O2. The molecule has 0 unspecified atom stereocenters. The summed E-state index contributed by atoms with van der Waals surface area (Å²) in [5.41, 5.74) is 1.23. The SMILES string of the molecule is CC(=O)c1ccc(NC(=O)c2ncc[nH]2)cc1. The van der Waals surface area contributed by atoms with E-state index in [1.807, 2.05) is 0 Å². The van der Waals surface area contributed by atoms with Crippen molar-refractivity contribution in [1.29, 1.82) is 0 Å². The van der Waals surface area contributed by atoms with Crippen LogP contribution in [0.5, 0.6) is 0 Å². The van der Waals surface area contributed by atoms with Gasteiger partial charge in [-0.1, -0.05) is 0 Å². The number of imidazole rings is 1. The Balaban J connectivity index is 2.09. The molecule has 17 heavy (non-hydrogen) atoms. The molecule has 0 radical (unpaired) electrons. The van der Waals surface area contributed by atoms with Gasteiger partial charge >= 0.3 is 0 Å². The van der Waals surface area contributed by atoms with Gasteiger partial charge in [-0.25, -0.2) is 4.98 Å². The molecule has 0 aliphatic rings. The third-order valence-electron chi connectivity index (χ3n) is 2.26. The lowest BCUT2D eigenvalue weighted by Gasteiger charge is -2.03. The number of hydrogen-bond acceptors (Lipinski definition) is 3. The van der Waals surface area contributed by atoms with E-state index in [1.54, 1.807) is 30.5 Å². The van der Waals surface area contributed by atoms with Crippen molar-refractivity contribution < 1.29 is 9.59 Å². The molecule has 0 saturated carbocycles. The van der Waals surface area contributed by atoms with Crippen molar-refractivity contribution >= 4 is 17.4 Å². The van der Waals surface area contributed by atoms with Crippen LogP contribution in [0.25, 0.3) is 0 Å². The molecule has 1 heterocycles. The zero-order valence-corrected chi connectivity index (χ0v) is 9.23. The molecule has 2 rings (SSSR count). The van der Waals surface area contributed by atoms with Crippen LogP contribution in [0.1, 0.15) is 27.9 Å². The number of rotatable bonds is 3. The number of amides is 1. The van der Waals surface area contributed by atoms with Crippen LogP contribution in [0.3, 0.4) is 0 Å². The van der Waals surface area contributed by atoms with Crippen molar-refractivity contribution in [2.24, 2.45) is 0 Å². The molecule has 86 valence electrons. The summed E-state index contributed by atoms with van der Waals surface area (Å²) < 4.78 is 0. The van der Waals surface area contributed by atoms with Gasteiger partial charge in [0.05, 0.1) is 0 Å². The number of carbonyl (C=O) groups is 2. The van der Waals surface area contributed by atoms with Crippen molar-refractivity contribution in [2.45, 2.75) is 6.92 Å². The number of benzene rings is 1. The van der Waals surface area contributed by atoms with E-state index in [0.717, 1.165) is 0 Å². The maximum atomic E-state index is 11.6. The second kappa shape index (κ2) is 4.61. The lowest BCUT2D eigenvalue weighted by Crippen LogP contribution is -2.13. The van der Waals surface area contributed by atoms with E-state index in [-0.39, 0.29) is 17.5 Å². The summed E-state index contributed by atoms with van der Waals surface area (Å²) in [5.74, 6) is -0.0693. The molecule has 0 atom stereocenters. The lowest BCUT2D eigenvalue weighted by molar-refractivity contribution is 0.101. The number of ketones is 1. The summed E-state index contributed by atoms with van der Waals surface area (Å²) in [6.45, 7) is 1.50. The minimum atomic E-state index is -0.314. The van der Waals surface area contributed by atoms with Gasteiger partial charge in [-0.15, -0.1) is 0 Å². The third-order valence-corrected chi connectivity index (χ3v) is 2.26. The molecular weight excluding hydrogens is 218 g/mol. The van der Waals surface area contributed by atoms with Crippen LogP contribution in [0.15, 0.2) is 36.7 Å². The summed E-state index contributed by atoms with van der Waals surface area (Å²) in [5, 5.41) is 2.67. The molecule has 0 spiro atoms. The Labute approximate surface area is 97.9 Å². The summed E-state index contributed by atoms with van der Waals surface area (Å²) in [4.78, 5) is 29.2. The predicted molar refractivity (Wildman–Crippen MR) is 63.0 cm³/mol. The Bertz CT molecular complexity index is 529.